The van der Waals surface area contributed by atoms with Crippen molar-refractivity contribution >= 4 is 46.3 Å². The third kappa shape index (κ3) is 4.25. The van der Waals surface area contributed by atoms with E-state index < -0.39 is 5.82 Å². The van der Waals surface area contributed by atoms with Crippen LogP contribution in [-0.4, -0.2) is 11.0 Å². The van der Waals surface area contributed by atoms with Gasteiger partial charge in [0.1, 0.15) is 5.82 Å². The maximum absolute atomic E-state index is 13.4. The normalized spacial score (nSPS) is 10.4. The van der Waals surface area contributed by atoms with Gasteiger partial charge in [-0.2, -0.15) is 0 Å². The lowest BCUT2D eigenvalue weighted by atomic mass is 10.3. The number of amides is 1. The average Bonchev–Trinajstić information content (AvgIpc) is 2.92. The predicted molar refractivity (Wildman–Crippen MR) is 84.1 cm³/mol. The second-order valence-corrected chi connectivity index (χ2v) is 5.16. The molecule has 0 unspecified atom stereocenters. The van der Waals surface area contributed by atoms with Crippen molar-refractivity contribution < 1.29 is 9.18 Å². The number of anilines is 1. The molecule has 1 amide bonds. The number of nitrogens with one attached hydrogen (secondary N) is 2. The van der Waals surface area contributed by atoms with Crippen LogP contribution in [-0.2, 0) is 4.79 Å². The Bertz CT molecular complexity index is 638. The Morgan fingerprint density at radius 3 is 2.75 bits per heavy atom. The molecule has 102 valence electrons. The van der Waals surface area contributed by atoms with Gasteiger partial charge in [-0.3, -0.25) is 10.1 Å². The Morgan fingerprint density at radius 1 is 1.25 bits per heavy atom. The van der Waals surface area contributed by atoms with Crippen molar-refractivity contribution in [2.24, 2.45) is 0 Å². The zero-order chi connectivity index (χ0) is 14.4. The summed E-state index contributed by atoms with van der Waals surface area (Å²) in [5.74, 6) is -0.800. The first-order valence-corrected chi connectivity index (χ1v) is 7.02. The van der Waals surface area contributed by atoms with Gasteiger partial charge in [0.25, 0.3) is 0 Å². The summed E-state index contributed by atoms with van der Waals surface area (Å²) in [5, 5.41) is 7.05. The van der Waals surface area contributed by atoms with E-state index in [1.807, 2.05) is 17.5 Å². The third-order valence-electron chi connectivity index (χ3n) is 2.30. The van der Waals surface area contributed by atoms with E-state index in [0.29, 0.717) is 0 Å². The zero-order valence-electron chi connectivity index (χ0n) is 10.3. The van der Waals surface area contributed by atoms with Gasteiger partial charge in [0.2, 0.25) is 5.91 Å². The van der Waals surface area contributed by atoms with Gasteiger partial charge in [-0.1, -0.05) is 18.2 Å². The fourth-order valence-corrected chi connectivity index (χ4v) is 2.24. The van der Waals surface area contributed by atoms with Gasteiger partial charge in [-0.05, 0) is 41.9 Å². The van der Waals surface area contributed by atoms with Gasteiger partial charge in [-0.15, -0.1) is 11.3 Å². The molecule has 0 aliphatic heterocycles. The van der Waals surface area contributed by atoms with E-state index in [2.05, 4.69) is 10.6 Å². The Balaban J connectivity index is 1.88. The number of carbonyl (C=O) groups is 1. The number of hydrogen-bond donors (Lipinski definition) is 2. The van der Waals surface area contributed by atoms with E-state index >= 15 is 0 Å². The van der Waals surface area contributed by atoms with Crippen LogP contribution in [0.4, 0.5) is 10.1 Å². The number of thiophene rings is 1. The summed E-state index contributed by atoms with van der Waals surface area (Å²) >= 11 is 6.47. The van der Waals surface area contributed by atoms with E-state index in [1.165, 1.54) is 29.5 Å². The number of para-hydroxylation sites is 1. The van der Waals surface area contributed by atoms with Crippen molar-refractivity contribution in [3.8, 4) is 0 Å². The lowest BCUT2D eigenvalue weighted by Gasteiger charge is -2.08. The molecule has 3 nitrogen and oxygen atoms in total. The van der Waals surface area contributed by atoms with Crippen molar-refractivity contribution in [1.29, 1.82) is 0 Å². The summed E-state index contributed by atoms with van der Waals surface area (Å²) in [6.07, 6.45) is 3.06. The summed E-state index contributed by atoms with van der Waals surface area (Å²) in [7, 11) is 0. The monoisotopic (exact) mass is 306 g/mol. The topological polar surface area (TPSA) is 41.1 Å². The molecule has 1 heterocycles. The van der Waals surface area contributed by atoms with E-state index in [9.17, 15) is 9.18 Å². The summed E-state index contributed by atoms with van der Waals surface area (Å²) in [6.45, 7) is 0. The SMILES string of the molecule is O=C(/C=C/c1cccs1)NC(=S)Nc1ccccc1F. The Labute approximate surface area is 125 Å². The van der Waals surface area contributed by atoms with E-state index in [0.717, 1.165) is 4.88 Å². The van der Waals surface area contributed by atoms with Crippen LogP contribution in [0, 0.1) is 5.82 Å². The molecule has 0 radical (unpaired) electrons. The molecule has 0 fully saturated rings. The molecule has 0 bridgehead atoms. The van der Waals surface area contributed by atoms with Crippen LogP contribution in [0.25, 0.3) is 6.08 Å². The van der Waals surface area contributed by atoms with Crippen LogP contribution < -0.4 is 10.6 Å². The highest BCUT2D eigenvalue weighted by Crippen LogP contribution is 2.12. The molecular formula is C14H11FN2OS2. The number of thiocarbonyl (C=S) groups is 1. The third-order valence-corrected chi connectivity index (χ3v) is 3.34. The Morgan fingerprint density at radius 2 is 2.05 bits per heavy atom. The minimum atomic E-state index is -0.432. The largest absolute Gasteiger partial charge is 0.330 e. The molecule has 1 aromatic heterocycles. The molecular weight excluding hydrogens is 295 g/mol. The highest BCUT2D eigenvalue weighted by atomic mass is 32.1. The molecule has 0 spiro atoms. The molecule has 2 aromatic rings. The molecule has 2 rings (SSSR count). The van der Waals surface area contributed by atoms with Gasteiger partial charge in [0.15, 0.2) is 5.11 Å². The van der Waals surface area contributed by atoms with Crippen LogP contribution in [0.3, 0.4) is 0 Å². The highest BCUT2D eigenvalue weighted by Gasteiger charge is 2.04. The van der Waals surface area contributed by atoms with Gasteiger partial charge < -0.3 is 5.32 Å². The molecule has 2 N–H and O–H groups in total. The lowest BCUT2D eigenvalue weighted by molar-refractivity contribution is -0.115. The average molecular weight is 306 g/mol. The first-order valence-electron chi connectivity index (χ1n) is 5.73. The fourth-order valence-electron chi connectivity index (χ4n) is 1.41. The van der Waals surface area contributed by atoms with E-state index in [1.54, 1.807) is 18.2 Å². The van der Waals surface area contributed by atoms with Gasteiger partial charge in [-0.25, -0.2) is 4.39 Å². The van der Waals surface area contributed by atoms with Crippen LogP contribution in [0.2, 0.25) is 0 Å². The molecule has 0 saturated heterocycles. The fraction of sp³-hybridized carbons (Fsp3) is 0. The maximum Gasteiger partial charge on any atom is 0.250 e. The van der Waals surface area contributed by atoms with E-state index in [-0.39, 0.29) is 16.7 Å². The van der Waals surface area contributed by atoms with Gasteiger partial charge >= 0.3 is 0 Å². The summed E-state index contributed by atoms with van der Waals surface area (Å²) in [4.78, 5) is 12.6. The lowest BCUT2D eigenvalue weighted by Crippen LogP contribution is -2.33. The Kier molecular flexibility index (Phi) is 4.97. The second-order valence-electron chi connectivity index (χ2n) is 3.77. The standard InChI is InChI=1S/C14H11FN2OS2/c15-11-5-1-2-6-12(11)16-14(19)17-13(18)8-7-10-4-3-9-20-10/h1-9H,(H2,16,17,18,19)/b8-7+. The summed E-state index contributed by atoms with van der Waals surface area (Å²) < 4.78 is 13.4. The first kappa shape index (κ1) is 14.4. The van der Waals surface area contributed by atoms with Crippen LogP contribution in [0.15, 0.2) is 47.9 Å². The number of carbonyl (C=O) groups excluding carboxylic acids is 1. The quantitative estimate of drug-likeness (QED) is 0.674. The smallest absolute Gasteiger partial charge is 0.250 e. The van der Waals surface area contributed by atoms with Gasteiger partial charge in [0.05, 0.1) is 5.69 Å². The number of rotatable bonds is 3. The van der Waals surface area contributed by atoms with Crippen molar-refractivity contribution in [1.82, 2.24) is 5.32 Å². The molecule has 0 aliphatic rings. The highest BCUT2D eigenvalue weighted by molar-refractivity contribution is 7.80. The first-order chi connectivity index (χ1) is 9.65. The van der Waals surface area contributed by atoms with Crippen molar-refractivity contribution in [3.63, 3.8) is 0 Å². The molecule has 20 heavy (non-hydrogen) atoms. The van der Waals surface area contributed by atoms with E-state index in [4.69, 9.17) is 12.2 Å². The van der Waals surface area contributed by atoms with Crippen molar-refractivity contribution in [2.45, 2.75) is 0 Å². The molecule has 6 heteroatoms. The molecule has 0 atom stereocenters. The number of halogens is 1. The van der Waals surface area contributed by atoms with Crippen LogP contribution >= 0.6 is 23.6 Å². The van der Waals surface area contributed by atoms with Gasteiger partial charge in [0, 0.05) is 11.0 Å². The predicted octanol–water partition coefficient (Wildman–Crippen LogP) is 3.41. The minimum Gasteiger partial charge on any atom is -0.330 e. The zero-order valence-corrected chi connectivity index (χ0v) is 11.9. The van der Waals surface area contributed by atoms with Crippen LogP contribution in [0.5, 0.6) is 0 Å². The van der Waals surface area contributed by atoms with Crippen molar-refractivity contribution in [3.05, 3.63) is 58.5 Å². The minimum absolute atomic E-state index is 0.0518. The molecule has 0 saturated carbocycles. The number of hydrogen-bond acceptors (Lipinski definition) is 3. The maximum atomic E-state index is 13.4. The Hall–Kier alpha value is -2.05. The summed E-state index contributed by atoms with van der Waals surface area (Å²) in [6, 6.07) is 9.88. The van der Waals surface area contributed by atoms with Crippen molar-refractivity contribution in [2.75, 3.05) is 5.32 Å². The van der Waals surface area contributed by atoms with Crippen LogP contribution in [0.1, 0.15) is 4.88 Å². The summed E-state index contributed by atoms with van der Waals surface area (Å²) in [5.41, 5.74) is 0.222. The second kappa shape index (κ2) is 6.93. The molecule has 1 aromatic carbocycles. The molecule has 0 aliphatic carbocycles. The number of benzene rings is 1.